The van der Waals surface area contributed by atoms with Gasteiger partial charge in [-0.1, -0.05) is 237 Å². The van der Waals surface area contributed by atoms with Crippen molar-refractivity contribution in [2.45, 2.75) is 289 Å². The van der Waals surface area contributed by atoms with Crippen molar-refractivity contribution >= 4 is 11.9 Å². The highest BCUT2D eigenvalue weighted by Gasteiger charge is 2.24. The second kappa shape index (κ2) is 48.1. The van der Waals surface area contributed by atoms with Gasteiger partial charge in [-0.25, -0.2) is 0 Å². The highest BCUT2D eigenvalue weighted by molar-refractivity contribution is 5.77. The molecule has 0 fully saturated rings. The van der Waals surface area contributed by atoms with Crippen LogP contribution >= 0.6 is 0 Å². The molecule has 0 aliphatic carbocycles. The number of rotatable bonds is 47. The van der Waals surface area contributed by atoms with Crippen LogP contribution in [0, 0.1) is 0 Å². The Labute approximate surface area is 373 Å². The maximum absolute atomic E-state index is 13.2. The number of nitrogens with one attached hydrogen (secondary N) is 1. The van der Waals surface area contributed by atoms with Crippen LogP contribution in [0.1, 0.15) is 271 Å². The van der Waals surface area contributed by atoms with Crippen LogP contribution in [-0.2, 0) is 14.3 Å². The van der Waals surface area contributed by atoms with Crippen molar-refractivity contribution in [3.05, 3.63) is 36.5 Å². The van der Waals surface area contributed by atoms with Crippen LogP contribution in [0.2, 0.25) is 0 Å². The molecule has 0 aromatic rings. The number of allylic oxidation sites excluding steroid dienone is 6. The van der Waals surface area contributed by atoms with Crippen LogP contribution < -0.4 is 5.32 Å². The van der Waals surface area contributed by atoms with Gasteiger partial charge in [0.1, 0.15) is 6.10 Å². The second-order valence-electron chi connectivity index (χ2n) is 17.9. The quantitative estimate of drug-likeness (QED) is 0.0322. The number of aliphatic hydroxyl groups is 2. The van der Waals surface area contributed by atoms with E-state index in [1.165, 1.54) is 148 Å². The van der Waals surface area contributed by atoms with Crippen LogP contribution in [-0.4, -0.2) is 46.9 Å². The van der Waals surface area contributed by atoms with Gasteiger partial charge in [0.2, 0.25) is 5.91 Å². The summed E-state index contributed by atoms with van der Waals surface area (Å²) in [5, 5.41) is 23.8. The minimum atomic E-state index is -0.795. The lowest BCUT2D eigenvalue weighted by atomic mass is 10.0. The molecule has 60 heavy (non-hydrogen) atoms. The number of hydrogen-bond acceptors (Lipinski definition) is 5. The number of aliphatic hydroxyl groups excluding tert-OH is 2. The Morgan fingerprint density at radius 3 is 1.35 bits per heavy atom. The third kappa shape index (κ3) is 42.8. The Morgan fingerprint density at radius 1 is 0.500 bits per heavy atom. The number of ether oxygens (including phenoxy) is 1. The van der Waals surface area contributed by atoms with E-state index >= 15 is 0 Å². The molecule has 0 radical (unpaired) electrons. The van der Waals surface area contributed by atoms with Gasteiger partial charge in [0.25, 0.3) is 0 Å². The molecule has 0 aromatic carbocycles. The summed E-state index contributed by atoms with van der Waals surface area (Å²) in [6, 6.07) is -0.710. The third-order valence-corrected chi connectivity index (χ3v) is 12.0. The lowest BCUT2D eigenvalue weighted by Gasteiger charge is -2.24. The Bertz CT molecular complexity index is 993. The Hall–Kier alpha value is -1.92. The number of amides is 1. The SMILES string of the molecule is CC/C=C/C/C=C/C/C=C/CCCCC(CC(=O)NC(CO)C(O)CCCCCCCCCCCCCCCC)OC(=O)CCCCCCCCCCCCCCCCC. The van der Waals surface area contributed by atoms with E-state index in [-0.39, 0.29) is 24.9 Å². The molecule has 0 aliphatic rings. The minimum absolute atomic E-state index is 0.0553. The summed E-state index contributed by atoms with van der Waals surface area (Å²) in [7, 11) is 0. The zero-order valence-corrected chi connectivity index (χ0v) is 40.1. The monoisotopic (exact) mass is 844 g/mol. The summed E-state index contributed by atoms with van der Waals surface area (Å²) >= 11 is 0. The number of carbonyl (C=O) groups is 2. The van der Waals surface area contributed by atoms with Crippen molar-refractivity contribution in [3.8, 4) is 0 Å². The molecular formula is C54H101NO5. The van der Waals surface area contributed by atoms with Crippen molar-refractivity contribution < 1.29 is 24.5 Å². The standard InChI is InChI=1S/C54H101NO5/c1-4-7-10-13-16-19-22-25-27-29-32-35-38-41-44-47-54(59)60-50(45-42-39-36-33-30-24-21-18-15-12-9-6-3)48-53(58)55-51(49-56)52(57)46-43-40-37-34-31-28-26-23-20-17-14-11-8-5-2/h9,12,18,21,30,33,50-52,56-57H,4-8,10-11,13-17,19-20,22-29,31-32,34-49H2,1-3H3,(H,55,58)/b12-9+,21-18+,33-30+. The molecule has 0 rings (SSSR count). The highest BCUT2D eigenvalue weighted by atomic mass is 16.5. The lowest BCUT2D eigenvalue weighted by Crippen LogP contribution is -2.46. The fourth-order valence-corrected chi connectivity index (χ4v) is 8.03. The molecule has 3 atom stereocenters. The Balaban J connectivity index is 4.55. The van der Waals surface area contributed by atoms with Crippen LogP contribution in [0.25, 0.3) is 0 Å². The van der Waals surface area contributed by atoms with Crippen molar-refractivity contribution in [2.75, 3.05) is 6.61 Å². The molecule has 0 heterocycles. The average molecular weight is 844 g/mol. The van der Waals surface area contributed by atoms with Crippen molar-refractivity contribution in [1.82, 2.24) is 5.32 Å². The first-order chi connectivity index (χ1) is 29.5. The van der Waals surface area contributed by atoms with Crippen molar-refractivity contribution in [1.29, 1.82) is 0 Å². The highest BCUT2D eigenvalue weighted by Crippen LogP contribution is 2.18. The number of esters is 1. The van der Waals surface area contributed by atoms with Crippen LogP contribution in [0.5, 0.6) is 0 Å². The smallest absolute Gasteiger partial charge is 0.306 e. The molecule has 0 saturated carbocycles. The summed E-state index contributed by atoms with van der Waals surface area (Å²) in [4.78, 5) is 26.1. The van der Waals surface area contributed by atoms with Gasteiger partial charge in [0.15, 0.2) is 0 Å². The summed E-state index contributed by atoms with van der Waals surface area (Å²) in [6.45, 7) is 6.38. The van der Waals surface area contributed by atoms with E-state index in [0.717, 1.165) is 77.0 Å². The van der Waals surface area contributed by atoms with Crippen molar-refractivity contribution in [2.24, 2.45) is 0 Å². The van der Waals surface area contributed by atoms with E-state index in [2.05, 4.69) is 62.5 Å². The summed E-state index contributed by atoms with van der Waals surface area (Å²) < 4.78 is 5.92. The maximum Gasteiger partial charge on any atom is 0.306 e. The normalized spacial score (nSPS) is 13.5. The predicted octanol–water partition coefficient (Wildman–Crippen LogP) is 15.7. The van der Waals surface area contributed by atoms with Crippen molar-refractivity contribution in [3.63, 3.8) is 0 Å². The first-order valence-electron chi connectivity index (χ1n) is 26.2. The number of hydrogen-bond donors (Lipinski definition) is 3. The van der Waals surface area contributed by atoms with Gasteiger partial charge in [-0.2, -0.15) is 0 Å². The Kier molecular flexibility index (Phi) is 46.6. The van der Waals surface area contributed by atoms with Gasteiger partial charge >= 0.3 is 5.97 Å². The number of unbranched alkanes of at least 4 members (excludes halogenated alkanes) is 29. The predicted molar refractivity (Wildman–Crippen MR) is 259 cm³/mol. The molecule has 1 amide bonds. The van der Waals surface area contributed by atoms with Gasteiger partial charge in [0.05, 0.1) is 25.2 Å². The summed E-state index contributed by atoms with van der Waals surface area (Å²) in [5.41, 5.74) is 0. The minimum Gasteiger partial charge on any atom is -0.462 e. The summed E-state index contributed by atoms with van der Waals surface area (Å²) in [6.07, 6.45) is 56.4. The van der Waals surface area contributed by atoms with E-state index in [0.29, 0.717) is 19.3 Å². The molecule has 6 heteroatoms. The Morgan fingerprint density at radius 2 is 0.900 bits per heavy atom. The average Bonchev–Trinajstić information content (AvgIpc) is 3.24. The summed E-state index contributed by atoms with van der Waals surface area (Å²) in [5.74, 6) is -0.501. The molecule has 0 saturated heterocycles. The topological polar surface area (TPSA) is 95.9 Å². The first kappa shape index (κ1) is 58.1. The van der Waals surface area contributed by atoms with E-state index < -0.39 is 18.2 Å². The molecule has 6 nitrogen and oxygen atoms in total. The van der Waals surface area contributed by atoms with Gasteiger partial charge in [-0.3, -0.25) is 9.59 Å². The lowest BCUT2D eigenvalue weighted by molar-refractivity contribution is -0.151. The van der Waals surface area contributed by atoms with Crippen LogP contribution in [0.3, 0.4) is 0 Å². The molecule has 0 aliphatic heterocycles. The second-order valence-corrected chi connectivity index (χ2v) is 17.9. The van der Waals surface area contributed by atoms with E-state index in [9.17, 15) is 19.8 Å². The first-order valence-corrected chi connectivity index (χ1v) is 26.2. The molecule has 0 spiro atoms. The van der Waals surface area contributed by atoms with E-state index in [1.54, 1.807) is 0 Å². The maximum atomic E-state index is 13.2. The fourth-order valence-electron chi connectivity index (χ4n) is 8.03. The molecule has 352 valence electrons. The van der Waals surface area contributed by atoms with Crippen LogP contribution in [0.4, 0.5) is 0 Å². The van der Waals surface area contributed by atoms with Gasteiger partial charge in [-0.15, -0.1) is 0 Å². The number of carbonyl (C=O) groups excluding carboxylic acids is 2. The van der Waals surface area contributed by atoms with Gasteiger partial charge < -0.3 is 20.3 Å². The van der Waals surface area contributed by atoms with E-state index in [1.807, 2.05) is 0 Å². The molecule has 3 unspecified atom stereocenters. The van der Waals surface area contributed by atoms with Crippen LogP contribution in [0.15, 0.2) is 36.5 Å². The zero-order valence-electron chi connectivity index (χ0n) is 40.1. The van der Waals surface area contributed by atoms with Gasteiger partial charge in [0, 0.05) is 6.42 Å². The molecule has 3 N–H and O–H groups in total. The van der Waals surface area contributed by atoms with Gasteiger partial charge in [-0.05, 0) is 57.8 Å². The zero-order chi connectivity index (χ0) is 43.8. The molecular weight excluding hydrogens is 743 g/mol. The molecule has 0 bridgehead atoms. The fraction of sp³-hybridized carbons (Fsp3) is 0.852. The molecule has 0 aromatic heterocycles. The van der Waals surface area contributed by atoms with E-state index in [4.69, 9.17) is 4.74 Å². The largest absolute Gasteiger partial charge is 0.462 e. The third-order valence-electron chi connectivity index (χ3n) is 12.0.